The third kappa shape index (κ3) is 2.90. The lowest BCUT2D eigenvalue weighted by atomic mass is 9.90. The first-order valence-corrected chi connectivity index (χ1v) is 7.97. The first-order chi connectivity index (χ1) is 12.5. The Kier molecular flexibility index (Phi) is 4.67. The Hall–Kier alpha value is -3.28. The predicted octanol–water partition coefficient (Wildman–Crippen LogP) is 3.25. The van der Waals surface area contributed by atoms with E-state index in [0.717, 1.165) is 21.9 Å². The maximum atomic E-state index is 12.5. The van der Waals surface area contributed by atoms with Gasteiger partial charge in [0.05, 0.1) is 26.9 Å². The van der Waals surface area contributed by atoms with E-state index in [1.54, 1.807) is 26.4 Å². The highest BCUT2D eigenvalue weighted by Crippen LogP contribution is 2.40. The third-order valence-electron chi connectivity index (χ3n) is 4.32. The molecule has 0 unspecified atom stereocenters. The second kappa shape index (κ2) is 6.92. The molecule has 6 nitrogen and oxygen atoms in total. The fourth-order valence-corrected chi connectivity index (χ4v) is 3.11. The molecule has 0 aliphatic carbocycles. The average molecular weight is 353 g/mol. The molecule has 0 aliphatic heterocycles. The molecule has 26 heavy (non-hydrogen) atoms. The van der Waals surface area contributed by atoms with Gasteiger partial charge < -0.3 is 19.4 Å². The number of carbonyl (C=O) groups is 1. The number of fused-ring (bicyclic) bond motifs is 1. The number of benzene rings is 2. The van der Waals surface area contributed by atoms with Crippen molar-refractivity contribution in [3.05, 3.63) is 59.1 Å². The highest BCUT2D eigenvalue weighted by molar-refractivity contribution is 6.10. The lowest BCUT2D eigenvalue weighted by Gasteiger charge is -2.17. The fourth-order valence-electron chi connectivity index (χ4n) is 3.11. The number of methoxy groups -OCH3 is 3. The Labute approximate surface area is 151 Å². The van der Waals surface area contributed by atoms with Gasteiger partial charge in [0.1, 0.15) is 0 Å². The Morgan fingerprint density at radius 3 is 2.19 bits per heavy atom. The van der Waals surface area contributed by atoms with E-state index in [1.807, 2.05) is 25.1 Å². The van der Waals surface area contributed by atoms with Gasteiger partial charge in [0.25, 0.3) is 0 Å². The smallest absolute Gasteiger partial charge is 0.338 e. The first-order valence-electron chi connectivity index (χ1n) is 7.97. The quantitative estimate of drug-likeness (QED) is 0.409. The first kappa shape index (κ1) is 17.5. The summed E-state index contributed by atoms with van der Waals surface area (Å²) < 4.78 is 16.5. The van der Waals surface area contributed by atoms with Crippen LogP contribution in [0.1, 0.15) is 15.9 Å². The van der Waals surface area contributed by atoms with Crippen molar-refractivity contribution in [1.82, 2.24) is 0 Å². The number of rotatable bonds is 4. The second-order valence-electron chi connectivity index (χ2n) is 5.81. The van der Waals surface area contributed by atoms with E-state index in [0.29, 0.717) is 27.4 Å². The maximum Gasteiger partial charge on any atom is 0.338 e. The van der Waals surface area contributed by atoms with Crippen LogP contribution in [0.25, 0.3) is 21.9 Å². The van der Waals surface area contributed by atoms with E-state index in [9.17, 15) is 10.0 Å². The lowest BCUT2D eigenvalue weighted by molar-refractivity contribution is -0.605. The standard InChI is InChI=1S/C20H19NO5/c1-12-9-14-10-16(24-2)17(25-3)11-15(14)19(18(12)20(22)26-4)13-5-7-21(23)8-6-13/h5-11H,1-4H3. The van der Waals surface area contributed by atoms with Crippen LogP contribution in [0.3, 0.4) is 0 Å². The molecule has 0 bridgehead atoms. The van der Waals surface area contributed by atoms with E-state index in [2.05, 4.69) is 0 Å². The Balaban J connectivity index is 2.45. The molecule has 0 aliphatic rings. The van der Waals surface area contributed by atoms with Crippen LogP contribution in [-0.4, -0.2) is 27.3 Å². The number of esters is 1. The summed E-state index contributed by atoms with van der Waals surface area (Å²) in [5.74, 6) is 0.713. The van der Waals surface area contributed by atoms with E-state index >= 15 is 0 Å². The number of ether oxygens (including phenoxy) is 3. The maximum absolute atomic E-state index is 12.5. The van der Waals surface area contributed by atoms with Gasteiger partial charge in [-0.2, -0.15) is 4.73 Å². The molecule has 0 saturated heterocycles. The van der Waals surface area contributed by atoms with Crippen molar-refractivity contribution in [2.45, 2.75) is 6.92 Å². The normalized spacial score (nSPS) is 10.6. The monoisotopic (exact) mass is 353 g/mol. The average Bonchev–Trinajstić information content (AvgIpc) is 2.66. The van der Waals surface area contributed by atoms with Crippen LogP contribution in [0.2, 0.25) is 0 Å². The van der Waals surface area contributed by atoms with Gasteiger partial charge in [-0.15, -0.1) is 0 Å². The number of carbonyl (C=O) groups excluding carboxylic acids is 1. The van der Waals surface area contributed by atoms with Crippen molar-refractivity contribution in [3.63, 3.8) is 0 Å². The van der Waals surface area contributed by atoms with Gasteiger partial charge in [-0.3, -0.25) is 0 Å². The summed E-state index contributed by atoms with van der Waals surface area (Å²) in [5, 5.41) is 13.1. The predicted molar refractivity (Wildman–Crippen MR) is 97.5 cm³/mol. The Morgan fingerprint density at radius 2 is 1.62 bits per heavy atom. The zero-order chi connectivity index (χ0) is 18.8. The summed E-state index contributed by atoms with van der Waals surface area (Å²) in [6, 6.07) is 8.94. The van der Waals surface area contributed by atoms with Crippen LogP contribution in [-0.2, 0) is 4.74 Å². The van der Waals surface area contributed by atoms with Crippen molar-refractivity contribution >= 4 is 16.7 Å². The largest absolute Gasteiger partial charge is 0.619 e. The van der Waals surface area contributed by atoms with Crippen molar-refractivity contribution in [1.29, 1.82) is 0 Å². The van der Waals surface area contributed by atoms with Crippen LogP contribution >= 0.6 is 0 Å². The van der Waals surface area contributed by atoms with Gasteiger partial charge in [0.15, 0.2) is 23.9 Å². The molecular formula is C20H19NO5. The van der Waals surface area contributed by atoms with E-state index < -0.39 is 5.97 Å². The van der Waals surface area contributed by atoms with Gasteiger partial charge in [0.2, 0.25) is 0 Å². The summed E-state index contributed by atoms with van der Waals surface area (Å²) in [4.78, 5) is 12.5. The molecular weight excluding hydrogens is 334 g/mol. The van der Waals surface area contributed by atoms with Crippen LogP contribution < -0.4 is 14.2 Å². The van der Waals surface area contributed by atoms with Gasteiger partial charge in [-0.1, -0.05) is 6.07 Å². The van der Waals surface area contributed by atoms with Crippen molar-refractivity contribution in [2.24, 2.45) is 0 Å². The number of hydrogen-bond acceptors (Lipinski definition) is 5. The summed E-state index contributed by atoms with van der Waals surface area (Å²) in [5.41, 5.74) is 2.65. The van der Waals surface area contributed by atoms with Crippen LogP contribution in [0.5, 0.6) is 11.5 Å². The molecule has 0 N–H and O–H groups in total. The number of aryl methyl sites for hydroxylation is 1. The minimum Gasteiger partial charge on any atom is -0.619 e. The molecule has 0 fully saturated rings. The van der Waals surface area contributed by atoms with Crippen molar-refractivity contribution in [3.8, 4) is 22.6 Å². The topological polar surface area (TPSA) is 71.7 Å². The fraction of sp³-hybridized carbons (Fsp3) is 0.200. The van der Waals surface area contributed by atoms with Crippen molar-refractivity contribution < 1.29 is 23.7 Å². The molecule has 3 rings (SSSR count). The van der Waals surface area contributed by atoms with Crippen LogP contribution in [0.4, 0.5) is 0 Å². The molecule has 0 amide bonds. The molecule has 0 radical (unpaired) electrons. The van der Waals surface area contributed by atoms with E-state index in [-0.39, 0.29) is 0 Å². The number of aromatic nitrogens is 1. The Bertz CT molecular complexity index is 980. The molecule has 6 heteroatoms. The van der Waals surface area contributed by atoms with Crippen LogP contribution in [0, 0.1) is 12.1 Å². The second-order valence-corrected chi connectivity index (χ2v) is 5.81. The lowest BCUT2D eigenvalue weighted by Crippen LogP contribution is -2.23. The number of hydrogen-bond donors (Lipinski definition) is 0. The Morgan fingerprint density at radius 1 is 1.00 bits per heavy atom. The van der Waals surface area contributed by atoms with E-state index in [1.165, 1.54) is 19.5 Å². The summed E-state index contributed by atoms with van der Waals surface area (Å²) in [7, 11) is 4.48. The highest BCUT2D eigenvalue weighted by Gasteiger charge is 2.21. The summed E-state index contributed by atoms with van der Waals surface area (Å²) in [6.45, 7) is 1.85. The number of nitrogens with zero attached hydrogens (tertiary/aromatic N) is 1. The molecule has 1 aromatic heterocycles. The molecule has 1 heterocycles. The van der Waals surface area contributed by atoms with E-state index in [4.69, 9.17) is 14.2 Å². The molecule has 0 saturated carbocycles. The molecule has 3 aromatic rings. The van der Waals surface area contributed by atoms with Crippen LogP contribution in [0.15, 0.2) is 42.7 Å². The molecule has 2 aromatic carbocycles. The molecule has 0 atom stereocenters. The SMILES string of the molecule is COC(=O)c1c(C)cc2cc(OC)c(OC)cc2c1-c1cc[n+]([O-])cc1. The highest BCUT2D eigenvalue weighted by atomic mass is 16.5. The van der Waals surface area contributed by atoms with Gasteiger partial charge in [-0.25, -0.2) is 4.79 Å². The minimum atomic E-state index is -0.437. The molecule has 0 spiro atoms. The van der Waals surface area contributed by atoms with Gasteiger partial charge in [-0.05, 0) is 41.0 Å². The summed E-state index contributed by atoms with van der Waals surface area (Å²) >= 11 is 0. The van der Waals surface area contributed by atoms with Gasteiger partial charge >= 0.3 is 5.97 Å². The summed E-state index contributed by atoms with van der Waals surface area (Å²) in [6.07, 6.45) is 2.79. The van der Waals surface area contributed by atoms with Crippen molar-refractivity contribution in [2.75, 3.05) is 21.3 Å². The zero-order valence-electron chi connectivity index (χ0n) is 15.0. The third-order valence-corrected chi connectivity index (χ3v) is 4.32. The number of pyridine rings is 1. The minimum absolute atomic E-state index is 0.437. The zero-order valence-corrected chi connectivity index (χ0v) is 15.0. The van der Waals surface area contributed by atoms with Gasteiger partial charge in [0, 0.05) is 17.7 Å². The molecule has 134 valence electrons.